The maximum atomic E-state index is 6.08. The van der Waals surface area contributed by atoms with Gasteiger partial charge in [-0.25, -0.2) is 0 Å². The van der Waals surface area contributed by atoms with E-state index in [-0.39, 0.29) is 0 Å². The third-order valence-corrected chi connectivity index (χ3v) is 3.96. The molecule has 2 N–H and O–H groups in total. The fourth-order valence-electron chi connectivity index (χ4n) is 1.76. The first-order valence-corrected chi connectivity index (χ1v) is 7.11. The molecule has 0 aromatic heterocycles. The van der Waals surface area contributed by atoms with E-state index in [0.717, 1.165) is 16.7 Å². The molecule has 0 saturated heterocycles. The van der Waals surface area contributed by atoms with Crippen molar-refractivity contribution in [2.24, 2.45) is 5.73 Å². The third kappa shape index (κ3) is 3.42. The molecule has 0 aliphatic heterocycles. The molecule has 2 aromatic carbocycles. The lowest BCUT2D eigenvalue weighted by atomic mass is 10.1. The molecule has 0 unspecified atom stereocenters. The molecule has 2 aromatic rings. The molecule has 20 heavy (non-hydrogen) atoms. The molecule has 0 spiro atoms. The number of benzene rings is 2. The normalized spacial score (nSPS) is 10.3. The Labute approximate surface area is 133 Å². The summed E-state index contributed by atoms with van der Waals surface area (Å²) in [5.74, 6) is 0.567. The van der Waals surface area contributed by atoms with E-state index in [1.165, 1.54) is 0 Å². The zero-order chi connectivity index (χ0) is 14.7. The van der Waals surface area contributed by atoms with Crippen LogP contribution >= 0.6 is 35.4 Å². The number of rotatable bonds is 4. The zero-order valence-corrected chi connectivity index (χ0v) is 13.1. The van der Waals surface area contributed by atoms with Gasteiger partial charge in [0.1, 0.15) is 22.4 Å². The largest absolute Gasteiger partial charge is 0.487 e. The van der Waals surface area contributed by atoms with Gasteiger partial charge in [-0.3, -0.25) is 0 Å². The molecule has 104 valence electrons. The van der Waals surface area contributed by atoms with Crippen LogP contribution in [0.5, 0.6) is 5.75 Å². The van der Waals surface area contributed by atoms with Gasteiger partial charge in [-0.2, -0.15) is 0 Å². The van der Waals surface area contributed by atoms with Crippen LogP contribution in [0.15, 0.2) is 36.4 Å². The number of halogens is 2. The lowest BCUT2D eigenvalue weighted by molar-refractivity contribution is 0.305. The van der Waals surface area contributed by atoms with Crippen LogP contribution in [-0.2, 0) is 6.61 Å². The highest BCUT2D eigenvalue weighted by atomic mass is 35.5. The smallest absolute Gasteiger partial charge is 0.139 e. The highest BCUT2D eigenvalue weighted by molar-refractivity contribution is 7.80. The van der Waals surface area contributed by atoms with Gasteiger partial charge < -0.3 is 10.5 Å². The Balaban J connectivity index is 2.15. The van der Waals surface area contributed by atoms with Crippen LogP contribution < -0.4 is 10.5 Å². The zero-order valence-electron chi connectivity index (χ0n) is 10.8. The predicted molar refractivity (Wildman–Crippen MR) is 87.9 cm³/mol. The van der Waals surface area contributed by atoms with Crippen LogP contribution in [0.1, 0.15) is 16.7 Å². The molecule has 5 heteroatoms. The summed E-state index contributed by atoms with van der Waals surface area (Å²) >= 11 is 17.0. The van der Waals surface area contributed by atoms with Crippen LogP contribution in [0.2, 0.25) is 10.0 Å². The monoisotopic (exact) mass is 325 g/mol. The number of aryl methyl sites for hydroxylation is 1. The second-order valence-electron chi connectivity index (χ2n) is 4.35. The van der Waals surface area contributed by atoms with Crippen molar-refractivity contribution in [2.45, 2.75) is 13.5 Å². The molecule has 0 bridgehead atoms. The Bertz CT molecular complexity index is 658. The Kier molecular flexibility index (Phi) is 4.86. The van der Waals surface area contributed by atoms with Gasteiger partial charge in [-0.15, -0.1) is 0 Å². The Morgan fingerprint density at radius 1 is 1.25 bits per heavy atom. The second-order valence-corrected chi connectivity index (χ2v) is 5.57. The molecular formula is C15H13Cl2NOS. The summed E-state index contributed by atoms with van der Waals surface area (Å²) in [5.41, 5.74) is 8.56. The van der Waals surface area contributed by atoms with Gasteiger partial charge in [0, 0.05) is 5.56 Å². The van der Waals surface area contributed by atoms with Crippen molar-refractivity contribution in [1.82, 2.24) is 0 Å². The Morgan fingerprint density at radius 2 is 2.00 bits per heavy atom. The highest BCUT2D eigenvalue weighted by Gasteiger charge is 2.07. The van der Waals surface area contributed by atoms with Gasteiger partial charge in [0.2, 0.25) is 0 Å². The van der Waals surface area contributed by atoms with Gasteiger partial charge in [-0.05, 0) is 36.2 Å². The van der Waals surface area contributed by atoms with Crippen LogP contribution in [0.25, 0.3) is 0 Å². The molecule has 0 fully saturated rings. The summed E-state index contributed by atoms with van der Waals surface area (Å²) in [6, 6.07) is 11.1. The average Bonchev–Trinajstić information content (AvgIpc) is 2.41. The van der Waals surface area contributed by atoms with Crippen molar-refractivity contribution in [3.8, 4) is 5.75 Å². The molecular weight excluding hydrogens is 313 g/mol. The van der Waals surface area contributed by atoms with E-state index in [1.54, 1.807) is 18.2 Å². The molecule has 0 amide bonds. The van der Waals surface area contributed by atoms with Crippen molar-refractivity contribution < 1.29 is 4.74 Å². The maximum absolute atomic E-state index is 6.08. The molecule has 0 aliphatic rings. The van der Waals surface area contributed by atoms with Gasteiger partial charge in [0.15, 0.2) is 0 Å². The van der Waals surface area contributed by atoms with Crippen LogP contribution in [0.3, 0.4) is 0 Å². The van der Waals surface area contributed by atoms with E-state index in [2.05, 4.69) is 0 Å². The van der Waals surface area contributed by atoms with Crippen LogP contribution in [-0.4, -0.2) is 4.99 Å². The summed E-state index contributed by atoms with van der Waals surface area (Å²) < 4.78 is 5.70. The molecule has 0 heterocycles. The van der Waals surface area contributed by atoms with E-state index >= 15 is 0 Å². The minimum absolute atomic E-state index is 0.387. The summed E-state index contributed by atoms with van der Waals surface area (Å²) in [4.78, 5) is 0.387. The van der Waals surface area contributed by atoms with Gasteiger partial charge in [-0.1, -0.05) is 53.6 Å². The standard InChI is InChI=1S/C15H13Cl2NOS/c1-9-7-10(15(18)20)5-6-11(9)8-19-13-4-2-3-12(16)14(13)17/h2-7H,8H2,1H3,(H2,18,20). The van der Waals surface area contributed by atoms with E-state index in [0.29, 0.717) is 27.4 Å². The van der Waals surface area contributed by atoms with E-state index in [1.807, 2.05) is 25.1 Å². The fourth-order valence-corrected chi connectivity index (χ4v) is 2.24. The molecule has 2 rings (SSSR count). The number of hydrogen-bond acceptors (Lipinski definition) is 2. The van der Waals surface area contributed by atoms with E-state index in [9.17, 15) is 0 Å². The minimum Gasteiger partial charge on any atom is -0.487 e. The first-order valence-electron chi connectivity index (χ1n) is 5.95. The van der Waals surface area contributed by atoms with Crippen LogP contribution in [0, 0.1) is 6.92 Å². The maximum Gasteiger partial charge on any atom is 0.139 e. The van der Waals surface area contributed by atoms with Gasteiger partial charge in [0.05, 0.1) is 5.02 Å². The van der Waals surface area contributed by atoms with Gasteiger partial charge in [0.25, 0.3) is 0 Å². The molecule has 0 aliphatic carbocycles. The number of thiocarbonyl (C=S) groups is 1. The lowest BCUT2D eigenvalue weighted by Gasteiger charge is -2.11. The van der Waals surface area contributed by atoms with Crippen molar-refractivity contribution in [1.29, 1.82) is 0 Å². The Morgan fingerprint density at radius 3 is 2.65 bits per heavy atom. The Hall–Kier alpha value is -1.29. The summed E-state index contributed by atoms with van der Waals surface area (Å²) in [6.07, 6.45) is 0. The SMILES string of the molecule is Cc1cc(C(N)=S)ccc1COc1cccc(Cl)c1Cl. The lowest BCUT2D eigenvalue weighted by Crippen LogP contribution is -2.10. The number of hydrogen-bond donors (Lipinski definition) is 1. The van der Waals surface area contributed by atoms with Crippen molar-refractivity contribution in [3.05, 3.63) is 63.1 Å². The third-order valence-electron chi connectivity index (χ3n) is 2.93. The van der Waals surface area contributed by atoms with Crippen molar-refractivity contribution in [2.75, 3.05) is 0 Å². The quantitative estimate of drug-likeness (QED) is 0.839. The summed E-state index contributed by atoms with van der Waals surface area (Å²) in [6.45, 7) is 2.39. The first kappa shape index (κ1) is 15.1. The minimum atomic E-state index is 0.387. The summed E-state index contributed by atoms with van der Waals surface area (Å²) in [5, 5.41) is 0.899. The summed E-state index contributed by atoms with van der Waals surface area (Å²) in [7, 11) is 0. The predicted octanol–water partition coefficient (Wildman–Crippen LogP) is 4.52. The van der Waals surface area contributed by atoms with Gasteiger partial charge >= 0.3 is 0 Å². The molecule has 0 radical (unpaired) electrons. The van der Waals surface area contributed by atoms with Crippen molar-refractivity contribution >= 4 is 40.4 Å². The highest BCUT2D eigenvalue weighted by Crippen LogP contribution is 2.32. The molecule has 2 nitrogen and oxygen atoms in total. The average molecular weight is 326 g/mol. The van der Waals surface area contributed by atoms with E-state index in [4.69, 9.17) is 45.9 Å². The number of nitrogens with two attached hydrogens (primary N) is 1. The van der Waals surface area contributed by atoms with Crippen LogP contribution in [0.4, 0.5) is 0 Å². The number of ether oxygens (including phenoxy) is 1. The topological polar surface area (TPSA) is 35.2 Å². The fraction of sp³-hybridized carbons (Fsp3) is 0.133. The van der Waals surface area contributed by atoms with E-state index < -0.39 is 0 Å². The second kappa shape index (κ2) is 6.44. The van der Waals surface area contributed by atoms with Crippen molar-refractivity contribution in [3.63, 3.8) is 0 Å². The molecule has 0 atom stereocenters. The molecule has 0 saturated carbocycles. The first-order chi connectivity index (χ1) is 9.49.